The normalized spacial score (nSPS) is 17.4. The zero-order chi connectivity index (χ0) is 10.4. The van der Waals surface area contributed by atoms with Crippen molar-refractivity contribution in [3.05, 3.63) is 30.8 Å². The standard InChI is InChI=1S/C11H19N2O/c1-4-9-13-11(7-6-8-12-13)14-10(3)5-2/h6-10,12H,4-5H2,1-3H3/t10-/m0/s1. The summed E-state index contributed by atoms with van der Waals surface area (Å²) in [5, 5.41) is 1.91. The van der Waals surface area contributed by atoms with Crippen molar-refractivity contribution in [3.63, 3.8) is 0 Å². The first kappa shape index (κ1) is 11.0. The highest BCUT2D eigenvalue weighted by atomic mass is 16.5. The van der Waals surface area contributed by atoms with E-state index in [1.165, 1.54) is 0 Å². The van der Waals surface area contributed by atoms with Crippen LogP contribution < -0.4 is 5.43 Å². The third kappa shape index (κ3) is 2.98. The Balaban J connectivity index is 2.53. The van der Waals surface area contributed by atoms with Crippen LogP contribution in [0.15, 0.2) is 24.2 Å². The highest BCUT2D eigenvalue weighted by Gasteiger charge is 2.13. The number of hydrogen-bond acceptors (Lipinski definition) is 3. The van der Waals surface area contributed by atoms with Gasteiger partial charge in [-0.05, 0) is 25.8 Å². The van der Waals surface area contributed by atoms with Crippen LogP contribution in [-0.4, -0.2) is 11.1 Å². The number of nitrogens with zero attached hydrogens (tertiary/aromatic N) is 1. The molecule has 0 amide bonds. The van der Waals surface area contributed by atoms with Gasteiger partial charge in [0, 0.05) is 12.3 Å². The van der Waals surface area contributed by atoms with E-state index >= 15 is 0 Å². The minimum absolute atomic E-state index is 0.252. The minimum atomic E-state index is 0.252. The van der Waals surface area contributed by atoms with Gasteiger partial charge in [0.05, 0.1) is 12.6 Å². The Labute approximate surface area is 86.4 Å². The lowest BCUT2D eigenvalue weighted by Crippen LogP contribution is -2.34. The van der Waals surface area contributed by atoms with Gasteiger partial charge in [0.25, 0.3) is 0 Å². The van der Waals surface area contributed by atoms with Crippen LogP contribution in [0.5, 0.6) is 0 Å². The Morgan fingerprint density at radius 2 is 2.36 bits per heavy atom. The van der Waals surface area contributed by atoms with Gasteiger partial charge in [-0.1, -0.05) is 13.8 Å². The van der Waals surface area contributed by atoms with Crippen molar-refractivity contribution < 1.29 is 4.74 Å². The first-order valence-electron chi connectivity index (χ1n) is 5.20. The molecule has 1 N–H and O–H groups in total. The van der Waals surface area contributed by atoms with Gasteiger partial charge < -0.3 is 10.2 Å². The zero-order valence-electron chi connectivity index (χ0n) is 9.16. The van der Waals surface area contributed by atoms with Crippen molar-refractivity contribution >= 4 is 0 Å². The van der Waals surface area contributed by atoms with E-state index in [9.17, 15) is 0 Å². The molecule has 0 spiro atoms. The van der Waals surface area contributed by atoms with E-state index in [0.29, 0.717) is 0 Å². The topological polar surface area (TPSA) is 24.5 Å². The summed E-state index contributed by atoms with van der Waals surface area (Å²) in [4.78, 5) is 0. The molecule has 0 aromatic heterocycles. The summed E-state index contributed by atoms with van der Waals surface area (Å²) < 4.78 is 5.75. The van der Waals surface area contributed by atoms with Gasteiger partial charge in [0.1, 0.15) is 0 Å². The number of rotatable bonds is 5. The van der Waals surface area contributed by atoms with Crippen LogP contribution >= 0.6 is 0 Å². The van der Waals surface area contributed by atoms with Crippen LogP contribution in [0.3, 0.4) is 0 Å². The van der Waals surface area contributed by atoms with Gasteiger partial charge in [-0.15, -0.1) is 0 Å². The number of hydrogen-bond donors (Lipinski definition) is 1. The quantitative estimate of drug-likeness (QED) is 0.729. The van der Waals surface area contributed by atoms with Gasteiger partial charge in [-0.3, -0.25) is 5.01 Å². The van der Waals surface area contributed by atoms with Gasteiger partial charge in [0.15, 0.2) is 0 Å². The summed E-state index contributed by atoms with van der Waals surface area (Å²) >= 11 is 0. The van der Waals surface area contributed by atoms with Gasteiger partial charge in [-0.2, -0.15) is 0 Å². The molecular formula is C11H19N2O. The zero-order valence-corrected chi connectivity index (χ0v) is 9.16. The lowest BCUT2D eigenvalue weighted by atomic mass is 10.3. The number of nitrogens with one attached hydrogen (secondary N) is 1. The Morgan fingerprint density at radius 3 is 3.00 bits per heavy atom. The molecule has 0 fully saturated rings. The van der Waals surface area contributed by atoms with E-state index < -0.39 is 0 Å². The van der Waals surface area contributed by atoms with Crippen LogP contribution in [0.4, 0.5) is 0 Å². The smallest absolute Gasteiger partial charge is 0.208 e. The van der Waals surface area contributed by atoms with Crippen molar-refractivity contribution in [2.45, 2.75) is 39.7 Å². The average molecular weight is 195 g/mol. The van der Waals surface area contributed by atoms with Crippen LogP contribution in [-0.2, 0) is 4.74 Å². The van der Waals surface area contributed by atoms with E-state index in [1.807, 2.05) is 23.4 Å². The fourth-order valence-electron chi connectivity index (χ4n) is 1.11. The highest BCUT2D eigenvalue weighted by molar-refractivity contribution is 5.11. The molecule has 1 aliphatic rings. The van der Waals surface area contributed by atoms with Crippen molar-refractivity contribution in [2.24, 2.45) is 0 Å². The predicted octanol–water partition coefficient (Wildman–Crippen LogP) is 2.55. The first-order chi connectivity index (χ1) is 6.77. The molecule has 0 aliphatic carbocycles. The Hall–Kier alpha value is -1.12. The van der Waals surface area contributed by atoms with Crippen LogP contribution in [0.2, 0.25) is 0 Å². The molecule has 3 heteroatoms. The molecule has 0 aromatic rings. The van der Waals surface area contributed by atoms with Gasteiger partial charge in [-0.25, -0.2) is 0 Å². The van der Waals surface area contributed by atoms with Crippen LogP contribution in [0.1, 0.15) is 33.6 Å². The minimum Gasteiger partial charge on any atom is -0.475 e. The molecule has 0 unspecified atom stereocenters. The lowest BCUT2D eigenvalue weighted by Gasteiger charge is -2.29. The number of hydrazine groups is 1. The van der Waals surface area contributed by atoms with Gasteiger partial charge >= 0.3 is 0 Å². The first-order valence-corrected chi connectivity index (χ1v) is 5.20. The summed E-state index contributed by atoms with van der Waals surface area (Å²) in [5.41, 5.74) is 3.10. The number of allylic oxidation sites excluding steroid dienone is 2. The second-order valence-corrected chi connectivity index (χ2v) is 3.29. The SMILES string of the molecule is CC[CH]N1NC=CC=C1O[C@@H](C)CC. The summed E-state index contributed by atoms with van der Waals surface area (Å²) in [7, 11) is 0. The second-order valence-electron chi connectivity index (χ2n) is 3.29. The summed E-state index contributed by atoms with van der Waals surface area (Å²) in [6, 6.07) is 0. The third-order valence-corrected chi connectivity index (χ3v) is 2.05. The van der Waals surface area contributed by atoms with Crippen molar-refractivity contribution in [1.29, 1.82) is 0 Å². The molecule has 1 rings (SSSR count). The van der Waals surface area contributed by atoms with Crippen molar-refractivity contribution in [1.82, 2.24) is 10.4 Å². The Bertz CT molecular complexity index is 223. The van der Waals surface area contributed by atoms with Crippen molar-refractivity contribution in [3.8, 4) is 0 Å². The maximum atomic E-state index is 5.75. The Kier molecular flexibility index (Phi) is 4.36. The maximum Gasteiger partial charge on any atom is 0.208 e. The molecule has 1 atom stereocenters. The van der Waals surface area contributed by atoms with E-state index in [4.69, 9.17) is 4.74 Å². The summed E-state index contributed by atoms with van der Waals surface area (Å²) in [6.07, 6.45) is 8.04. The van der Waals surface area contributed by atoms with E-state index in [0.717, 1.165) is 18.7 Å². The maximum absolute atomic E-state index is 5.75. The largest absolute Gasteiger partial charge is 0.475 e. The molecule has 3 nitrogen and oxygen atoms in total. The molecular weight excluding hydrogens is 176 g/mol. The molecule has 1 aliphatic heterocycles. The summed E-state index contributed by atoms with van der Waals surface area (Å²) in [6.45, 7) is 8.34. The van der Waals surface area contributed by atoms with Gasteiger partial charge in [0.2, 0.25) is 5.88 Å². The average Bonchev–Trinajstić information content (AvgIpc) is 2.21. The molecule has 79 valence electrons. The molecule has 14 heavy (non-hydrogen) atoms. The lowest BCUT2D eigenvalue weighted by molar-refractivity contribution is 0.0542. The fraction of sp³-hybridized carbons (Fsp3) is 0.545. The van der Waals surface area contributed by atoms with E-state index in [1.54, 1.807) is 0 Å². The van der Waals surface area contributed by atoms with Crippen LogP contribution in [0, 0.1) is 6.54 Å². The molecule has 0 saturated carbocycles. The number of ether oxygens (including phenoxy) is 1. The monoisotopic (exact) mass is 195 g/mol. The second kappa shape index (κ2) is 5.58. The Morgan fingerprint density at radius 1 is 1.57 bits per heavy atom. The van der Waals surface area contributed by atoms with Crippen molar-refractivity contribution in [2.75, 3.05) is 0 Å². The molecule has 0 saturated heterocycles. The van der Waals surface area contributed by atoms with E-state index in [2.05, 4.69) is 32.7 Å². The van der Waals surface area contributed by atoms with E-state index in [-0.39, 0.29) is 6.10 Å². The summed E-state index contributed by atoms with van der Waals surface area (Å²) in [5.74, 6) is 0.865. The highest BCUT2D eigenvalue weighted by Crippen LogP contribution is 2.14. The molecule has 0 aromatic carbocycles. The molecule has 0 bridgehead atoms. The predicted molar refractivity (Wildman–Crippen MR) is 57.6 cm³/mol. The van der Waals surface area contributed by atoms with Crippen LogP contribution in [0.25, 0.3) is 0 Å². The third-order valence-electron chi connectivity index (χ3n) is 2.05. The fourth-order valence-corrected chi connectivity index (χ4v) is 1.11. The molecule has 1 radical (unpaired) electrons. The molecule has 1 heterocycles.